The fourth-order valence-corrected chi connectivity index (χ4v) is 2.36. The molecular formula is C5H14HfO3. The maximum atomic E-state index is 2.28. The van der Waals surface area contributed by atoms with Crippen LogP contribution in [0, 0.1) is 5.92 Å². The molecule has 0 aromatic heterocycles. The van der Waals surface area contributed by atoms with Crippen LogP contribution in [-0.2, 0) is 24.4 Å². The van der Waals surface area contributed by atoms with Crippen molar-refractivity contribution < 1.29 is 40.8 Å². The second-order valence-corrected chi connectivity index (χ2v) is 3.73. The molecule has 3 N–H and O–H groups in total. The van der Waals surface area contributed by atoms with Gasteiger partial charge in [0, 0.05) is 0 Å². The summed E-state index contributed by atoms with van der Waals surface area (Å²) in [7, 11) is 0. The first kappa shape index (κ1) is 22.6. The van der Waals surface area contributed by atoms with Crippen LogP contribution in [0.1, 0.15) is 20.3 Å². The average Bonchev–Trinajstić information content (AvgIpc) is 1.35. The molecule has 0 atom stereocenters. The predicted molar refractivity (Wildman–Crippen MR) is 30.1 cm³/mol. The van der Waals surface area contributed by atoms with E-state index >= 15 is 0 Å². The third-order valence-electron chi connectivity index (χ3n) is 0.722. The molecule has 4 heteroatoms. The van der Waals surface area contributed by atoms with E-state index in [0.717, 1.165) is 5.92 Å². The van der Waals surface area contributed by atoms with Gasteiger partial charge in [-0.2, -0.15) is 0 Å². The van der Waals surface area contributed by atoms with Crippen molar-refractivity contribution in [3.63, 3.8) is 0 Å². The average molecular weight is 301 g/mol. The summed E-state index contributed by atoms with van der Waals surface area (Å²) < 4.78 is 1.47. The maximum Gasteiger partial charge on any atom is -0.870 e. The Morgan fingerprint density at radius 3 is 1.44 bits per heavy atom. The van der Waals surface area contributed by atoms with E-state index in [1.54, 1.807) is 0 Å². The maximum absolute atomic E-state index is 2.28. The molecule has 0 fully saturated rings. The number of hydrogen-bond acceptors (Lipinski definition) is 3. The molecular weight excluding hydrogens is 287 g/mol. The molecule has 0 rings (SSSR count). The summed E-state index contributed by atoms with van der Waals surface area (Å²) in [4.78, 5) is 0. The van der Waals surface area contributed by atoms with Gasteiger partial charge in [-0.3, -0.25) is 0 Å². The van der Waals surface area contributed by atoms with Crippen LogP contribution in [0.2, 0.25) is 4.18 Å². The van der Waals surface area contributed by atoms with Gasteiger partial charge in [0.15, 0.2) is 0 Å². The van der Waals surface area contributed by atoms with E-state index in [1.807, 2.05) is 0 Å². The molecule has 0 spiro atoms. The summed E-state index contributed by atoms with van der Waals surface area (Å²) in [5, 5.41) is 0. The van der Waals surface area contributed by atoms with Gasteiger partial charge in [0.1, 0.15) is 0 Å². The molecule has 0 amide bonds. The van der Waals surface area contributed by atoms with Gasteiger partial charge in [0.25, 0.3) is 0 Å². The van der Waals surface area contributed by atoms with Gasteiger partial charge in [0.05, 0.1) is 0 Å². The second kappa shape index (κ2) is 15.9. The third kappa shape index (κ3) is 28.3. The van der Waals surface area contributed by atoms with Crippen molar-refractivity contribution in [1.82, 2.24) is 0 Å². The molecule has 0 bridgehead atoms. The topological polar surface area (TPSA) is 90.0 Å². The van der Waals surface area contributed by atoms with Crippen LogP contribution in [0.5, 0.6) is 0 Å². The monoisotopic (exact) mass is 302 g/mol. The molecule has 0 aliphatic rings. The Balaban J connectivity index is -0.0000000417. The Labute approximate surface area is 71.3 Å². The fourth-order valence-electron chi connectivity index (χ4n) is 0.289. The standard InChI is InChI=1S/C5H11.Hf.3H2O/c1-4-5(2)3;;;;/h5H,1,4H2,2-3H3;;3*1H2/q;+3;;;/p-3. The van der Waals surface area contributed by atoms with Crippen LogP contribution in [0.4, 0.5) is 0 Å². The summed E-state index contributed by atoms with van der Waals surface area (Å²) in [6.07, 6.45) is 1.44. The molecule has 56 valence electrons. The van der Waals surface area contributed by atoms with Crippen LogP contribution in [0.15, 0.2) is 0 Å². The van der Waals surface area contributed by atoms with Gasteiger partial charge in [0.2, 0.25) is 0 Å². The first-order valence-corrected chi connectivity index (χ1v) is 4.96. The van der Waals surface area contributed by atoms with Crippen molar-refractivity contribution in [1.29, 1.82) is 0 Å². The number of rotatable bonds is 2. The van der Waals surface area contributed by atoms with Gasteiger partial charge < -0.3 is 16.4 Å². The molecule has 0 saturated heterocycles. The van der Waals surface area contributed by atoms with E-state index in [0.29, 0.717) is 0 Å². The second-order valence-electron chi connectivity index (χ2n) is 1.93. The molecule has 9 heavy (non-hydrogen) atoms. The number of hydrogen-bond donors (Lipinski definition) is 0. The predicted octanol–water partition coefficient (Wildman–Crippen LogP) is 1.47. The van der Waals surface area contributed by atoms with Crippen molar-refractivity contribution in [2.24, 2.45) is 5.92 Å². The van der Waals surface area contributed by atoms with Crippen molar-refractivity contribution >= 4 is 0 Å². The minimum Gasteiger partial charge on any atom is -0.870 e. The van der Waals surface area contributed by atoms with Gasteiger partial charge in [-0.1, -0.05) is 0 Å². The first-order valence-electron chi connectivity index (χ1n) is 2.42. The van der Waals surface area contributed by atoms with Gasteiger partial charge in [-0.25, -0.2) is 0 Å². The third-order valence-corrected chi connectivity index (χ3v) is 1.76. The normalized spacial score (nSPS) is 6.78. The zero-order chi connectivity index (χ0) is 4.99. The smallest absolute Gasteiger partial charge is 0.870 e. The van der Waals surface area contributed by atoms with E-state index < -0.39 is 0 Å². The van der Waals surface area contributed by atoms with E-state index in [4.69, 9.17) is 0 Å². The Morgan fingerprint density at radius 2 is 1.44 bits per heavy atom. The van der Waals surface area contributed by atoms with Gasteiger partial charge >= 0.3 is 54.7 Å². The minimum atomic E-state index is 0. The van der Waals surface area contributed by atoms with Crippen LogP contribution >= 0.6 is 0 Å². The molecule has 0 aliphatic carbocycles. The summed E-state index contributed by atoms with van der Waals surface area (Å²) in [5.74, 6) is 0.933. The molecule has 3 nitrogen and oxygen atoms in total. The summed E-state index contributed by atoms with van der Waals surface area (Å²) in [6, 6.07) is 0. The molecule has 0 aromatic carbocycles. The van der Waals surface area contributed by atoms with Crippen LogP contribution in [0.25, 0.3) is 0 Å². The van der Waals surface area contributed by atoms with E-state index in [2.05, 4.69) is 13.8 Å². The largest absolute Gasteiger partial charge is 0.870 e. The van der Waals surface area contributed by atoms with E-state index in [1.165, 1.54) is 35.0 Å². The summed E-state index contributed by atoms with van der Waals surface area (Å²) >= 11 is 1.39. The molecule has 0 aromatic rings. The van der Waals surface area contributed by atoms with Crippen LogP contribution in [-0.4, -0.2) is 16.4 Å². The quantitative estimate of drug-likeness (QED) is 0.723. The van der Waals surface area contributed by atoms with Crippen molar-refractivity contribution in [2.45, 2.75) is 24.4 Å². The van der Waals surface area contributed by atoms with Crippen molar-refractivity contribution in [3.05, 3.63) is 0 Å². The first-order chi connectivity index (χ1) is 2.77. The van der Waals surface area contributed by atoms with Crippen LogP contribution < -0.4 is 0 Å². The van der Waals surface area contributed by atoms with Gasteiger partial charge in [-0.15, -0.1) is 0 Å². The molecule has 0 unspecified atom stereocenters. The van der Waals surface area contributed by atoms with Crippen molar-refractivity contribution in [2.75, 3.05) is 0 Å². The van der Waals surface area contributed by atoms with E-state index in [-0.39, 0.29) is 16.4 Å². The Hall–Kier alpha value is 0.750. The zero-order valence-corrected chi connectivity index (χ0v) is 9.43. The molecule has 0 heterocycles. The Morgan fingerprint density at radius 1 is 1.11 bits per heavy atom. The molecule has 0 saturated carbocycles. The van der Waals surface area contributed by atoms with E-state index in [9.17, 15) is 0 Å². The molecule has 0 aliphatic heterocycles. The Kier molecular flexibility index (Phi) is 39.9. The van der Waals surface area contributed by atoms with Crippen molar-refractivity contribution in [3.8, 4) is 0 Å². The zero-order valence-electron chi connectivity index (χ0n) is 5.83. The fraction of sp³-hybridized carbons (Fsp3) is 1.00. The van der Waals surface area contributed by atoms with Gasteiger partial charge in [-0.05, 0) is 0 Å². The SMILES string of the molecule is CC(C)C[CH2][Hf+3].[OH-].[OH-].[OH-]. The molecule has 0 radical (unpaired) electrons. The van der Waals surface area contributed by atoms with Crippen LogP contribution in [0.3, 0.4) is 0 Å². The summed E-state index contributed by atoms with van der Waals surface area (Å²) in [6.45, 7) is 4.55. The summed E-state index contributed by atoms with van der Waals surface area (Å²) in [5.41, 5.74) is 0. The minimum absolute atomic E-state index is 0. The Bertz CT molecular complexity index is 33.4.